The molecule has 3 rings (SSSR count). The summed E-state index contributed by atoms with van der Waals surface area (Å²) in [5.41, 5.74) is 0.545. The second kappa shape index (κ2) is 7.96. The standard InChI is InChI=1S/C19H27NO5S/c1-14(2)25-17-7-5-15(6-8-17)19(21)20(12-18-4-3-10-24-18)16-9-11-26(22,23)13-16/h5-8,14,16,18H,3-4,9-13H2,1-2H3/t16-,18+/m1/s1. The van der Waals surface area contributed by atoms with E-state index in [0.717, 1.165) is 12.8 Å². The number of ether oxygens (including phenoxy) is 2. The summed E-state index contributed by atoms with van der Waals surface area (Å²) >= 11 is 0. The van der Waals surface area contributed by atoms with Gasteiger partial charge in [0.1, 0.15) is 5.75 Å². The summed E-state index contributed by atoms with van der Waals surface area (Å²) in [5.74, 6) is 0.762. The molecule has 0 spiro atoms. The molecule has 6 nitrogen and oxygen atoms in total. The molecule has 0 unspecified atom stereocenters. The van der Waals surface area contributed by atoms with Crippen molar-refractivity contribution in [1.29, 1.82) is 0 Å². The summed E-state index contributed by atoms with van der Waals surface area (Å²) in [6.45, 7) is 5.05. The lowest BCUT2D eigenvalue weighted by molar-refractivity contribution is 0.0441. The van der Waals surface area contributed by atoms with E-state index in [1.165, 1.54) is 0 Å². The quantitative estimate of drug-likeness (QED) is 0.756. The predicted molar refractivity (Wildman–Crippen MR) is 99.3 cm³/mol. The van der Waals surface area contributed by atoms with Gasteiger partial charge in [0.05, 0.1) is 23.7 Å². The molecule has 144 valence electrons. The van der Waals surface area contributed by atoms with Crippen molar-refractivity contribution in [2.75, 3.05) is 24.7 Å². The van der Waals surface area contributed by atoms with Crippen LogP contribution in [0.15, 0.2) is 24.3 Å². The normalized spacial score (nSPS) is 24.7. The van der Waals surface area contributed by atoms with Crippen LogP contribution in [0.25, 0.3) is 0 Å². The van der Waals surface area contributed by atoms with Crippen molar-refractivity contribution in [3.05, 3.63) is 29.8 Å². The van der Waals surface area contributed by atoms with Gasteiger partial charge in [0, 0.05) is 24.8 Å². The van der Waals surface area contributed by atoms with Crippen LogP contribution < -0.4 is 4.74 Å². The molecular formula is C19H27NO5S. The van der Waals surface area contributed by atoms with E-state index in [0.29, 0.717) is 30.9 Å². The first-order chi connectivity index (χ1) is 12.3. The molecule has 2 aliphatic heterocycles. The number of rotatable bonds is 6. The summed E-state index contributed by atoms with van der Waals surface area (Å²) in [7, 11) is -3.06. The lowest BCUT2D eigenvalue weighted by Gasteiger charge is -2.30. The minimum atomic E-state index is -3.06. The number of hydrogen-bond donors (Lipinski definition) is 0. The fraction of sp³-hybridized carbons (Fsp3) is 0.632. The summed E-state index contributed by atoms with van der Waals surface area (Å²) < 4.78 is 35.1. The van der Waals surface area contributed by atoms with Gasteiger partial charge in [-0.1, -0.05) is 0 Å². The Balaban J connectivity index is 1.77. The van der Waals surface area contributed by atoms with E-state index in [4.69, 9.17) is 9.47 Å². The zero-order valence-corrected chi connectivity index (χ0v) is 16.2. The summed E-state index contributed by atoms with van der Waals surface area (Å²) in [6.07, 6.45) is 2.44. The van der Waals surface area contributed by atoms with Gasteiger partial charge in [0.2, 0.25) is 0 Å². The van der Waals surface area contributed by atoms with Gasteiger partial charge in [-0.3, -0.25) is 4.79 Å². The highest BCUT2D eigenvalue weighted by Crippen LogP contribution is 2.24. The van der Waals surface area contributed by atoms with E-state index in [-0.39, 0.29) is 35.7 Å². The van der Waals surface area contributed by atoms with E-state index in [1.54, 1.807) is 29.2 Å². The smallest absolute Gasteiger partial charge is 0.254 e. The van der Waals surface area contributed by atoms with Crippen LogP contribution in [0.2, 0.25) is 0 Å². The van der Waals surface area contributed by atoms with E-state index < -0.39 is 9.84 Å². The minimum Gasteiger partial charge on any atom is -0.491 e. The van der Waals surface area contributed by atoms with Crippen molar-refractivity contribution in [3.63, 3.8) is 0 Å². The Morgan fingerprint density at radius 1 is 1.27 bits per heavy atom. The molecule has 2 atom stereocenters. The second-order valence-electron chi connectivity index (χ2n) is 7.34. The molecule has 0 saturated carbocycles. The first-order valence-electron chi connectivity index (χ1n) is 9.24. The lowest BCUT2D eigenvalue weighted by atomic mass is 10.1. The highest BCUT2D eigenvalue weighted by Gasteiger charge is 2.36. The number of hydrogen-bond acceptors (Lipinski definition) is 5. The molecule has 2 aliphatic rings. The van der Waals surface area contributed by atoms with E-state index in [1.807, 2.05) is 13.8 Å². The van der Waals surface area contributed by atoms with Crippen LogP contribution in [-0.2, 0) is 14.6 Å². The molecule has 0 aliphatic carbocycles. The summed E-state index contributed by atoms with van der Waals surface area (Å²) in [4.78, 5) is 14.8. The third-order valence-electron chi connectivity index (χ3n) is 4.81. The highest BCUT2D eigenvalue weighted by molar-refractivity contribution is 7.91. The molecule has 2 fully saturated rings. The second-order valence-corrected chi connectivity index (χ2v) is 9.57. The Labute approximate surface area is 155 Å². The minimum absolute atomic E-state index is 0.00852. The number of carbonyl (C=O) groups excluding carboxylic acids is 1. The molecule has 2 saturated heterocycles. The van der Waals surface area contributed by atoms with Gasteiger partial charge in [-0.2, -0.15) is 0 Å². The first-order valence-corrected chi connectivity index (χ1v) is 11.1. The lowest BCUT2D eigenvalue weighted by Crippen LogP contribution is -2.45. The average Bonchev–Trinajstić information content (AvgIpc) is 3.21. The van der Waals surface area contributed by atoms with Crippen LogP contribution in [-0.4, -0.2) is 62.1 Å². The van der Waals surface area contributed by atoms with Gasteiger partial charge in [-0.05, 0) is 57.4 Å². The van der Waals surface area contributed by atoms with Crippen molar-refractivity contribution >= 4 is 15.7 Å². The Bertz CT molecular complexity index is 723. The van der Waals surface area contributed by atoms with E-state index in [9.17, 15) is 13.2 Å². The average molecular weight is 381 g/mol. The third kappa shape index (κ3) is 4.76. The summed E-state index contributed by atoms with van der Waals surface area (Å²) in [6, 6.07) is 6.77. The molecule has 1 amide bonds. The highest BCUT2D eigenvalue weighted by atomic mass is 32.2. The number of amides is 1. The molecule has 1 aromatic carbocycles. The fourth-order valence-electron chi connectivity index (χ4n) is 3.54. The van der Waals surface area contributed by atoms with Gasteiger partial charge < -0.3 is 14.4 Å². The predicted octanol–water partition coefficient (Wildman–Crippen LogP) is 2.28. The van der Waals surface area contributed by atoms with Crippen molar-refractivity contribution in [2.24, 2.45) is 0 Å². The number of carbonyl (C=O) groups is 1. The molecule has 0 radical (unpaired) electrons. The molecule has 7 heteroatoms. The maximum Gasteiger partial charge on any atom is 0.254 e. The Kier molecular flexibility index (Phi) is 5.87. The number of sulfone groups is 1. The molecule has 0 bridgehead atoms. The van der Waals surface area contributed by atoms with Gasteiger partial charge in [-0.25, -0.2) is 8.42 Å². The van der Waals surface area contributed by atoms with E-state index in [2.05, 4.69) is 0 Å². The molecule has 0 aromatic heterocycles. The monoisotopic (exact) mass is 381 g/mol. The van der Waals surface area contributed by atoms with Crippen LogP contribution in [0.4, 0.5) is 0 Å². The van der Waals surface area contributed by atoms with Gasteiger partial charge in [0.25, 0.3) is 5.91 Å². The maximum absolute atomic E-state index is 13.1. The van der Waals surface area contributed by atoms with E-state index >= 15 is 0 Å². The number of nitrogens with zero attached hydrogens (tertiary/aromatic N) is 1. The Hall–Kier alpha value is -1.60. The van der Waals surface area contributed by atoms with Crippen LogP contribution in [0, 0.1) is 0 Å². The zero-order chi connectivity index (χ0) is 18.7. The van der Waals surface area contributed by atoms with Gasteiger partial charge >= 0.3 is 0 Å². The van der Waals surface area contributed by atoms with Crippen LogP contribution in [0.3, 0.4) is 0 Å². The Morgan fingerprint density at radius 3 is 2.54 bits per heavy atom. The zero-order valence-electron chi connectivity index (χ0n) is 15.4. The van der Waals surface area contributed by atoms with Crippen LogP contribution in [0.1, 0.15) is 43.5 Å². The molecule has 26 heavy (non-hydrogen) atoms. The topological polar surface area (TPSA) is 72.9 Å². The fourth-order valence-corrected chi connectivity index (χ4v) is 5.27. The molecule has 2 heterocycles. The van der Waals surface area contributed by atoms with Crippen LogP contribution >= 0.6 is 0 Å². The van der Waals surface area contributed by atoms with Crippen molar-refractivity contribution in [3.8, 4) is 5.75 Å². The van der Waals surface area contributed by atoms with Crippen LogP contribution in [0.5, 0.6) is 5.75 Å². The maximum atomic E-state index is 13.1. The first kappa shape index (κ1) is 19.2. The number of benzene rings is 1. The van der Waals surface area contributed by atoms with Crippen molar-refractivity contribution in [1.82, 2.24) is 4.90 Å². The van der Waals surface area contributed by atoms with Gasteiger partial charge in [-0.15, -0.1) is 0 Å². The Morgan fingerprint density at radius 2 is 2.00 bits per heavy atom. The molecular weight excluding hydrogens is 354 g/mol. The van der Waals surface area contributed by atoms with Gasteiger partial charge in [0.15, 0.2) is 9.84 Å². The largest absolute Gasteiger partial charge is 0.491 e. The summed E-state index contributed by atoms with van der Waals surface area (Å²) in [5, 5.41) is 0. The molecule has 1 aromatic rings. The van der Waals surface area contributed by atoms with Crippen molar-refractivity contribution in [2.45, 2.75) is 51.4 Å². The SMILES string of the molecule is CC(C)Oc1ccc(C(=O)N(C[C@@H]2CCCO2)[C@@H]2CCS(=O)(=O)C2)cc1. The third-order valence-corrected chi connectivity index (χ3v) is 6.56. The molecule has 0 N–H and O–H groups in total. The van der Waals surface area contributed by atoms with Crippen molar-refractivity contribution < 1.29 is 22.7 Å².